The third-order valence-electron chi connectivity index (χ3n) is 1.98. The quantitative estimate of drug-likeness (QED) is 0.592. The first kappa shape index (κ1) is 14.4. The summed E-state index contributed by atoms with van der Waals surface area (Å²) in [5, 5.41) is 3.45. The molecule has 0 bridgehead atoms. The Bertz CT molecular complexity index is 219. The smallest absolute Gasteiger partial charge is 0.328 e. The number of nitrogens with one attached hydrogen (secondary N) is 1. The lowest BCUT2D eigenvalue weighted by molar-refractivity contribution is -0.146. The number of esters is 1. The fraction of sp³-hybridized carbons (Fsp3) is 0.800. The Balaban J connectivity index is 4.17. The zero-order valence-corrected chi connectivity index (χ0v) is 11.0. The molecule has 5 heteroatoms. The number of halogens is 1. The molecule has 0 aliphatic heterocycles. The van der Waals surface area contributed by atoms with Crippen LogP contribution in [0.25, 0.3) is 0 Å². The summed E-state index contributed by atoms with van der Waals surface area (Å²) in [4.78, 5) is 22.7. The maximum atomic E-state index is 11.4. The predicted molar refractivity (Wildman–Crippen MR) is 61.8 cm³/mol. The van der Waals surface area contributed by atoms with Crippen LogP contribution >= 0.6 is 15.9 Å². The van der Waals surface area contributed by atoms with Gasteiger partial charge in [-0.25, -0.2) is 4.79 Å². The van der Waals surface area contributed by atoms with Crippen molar-refractivity contribution in [3.05, 3.63) is 0 Å². The van der Waals surface area contributed by atoms with Crippen molar-refractivity contribution in [3.8, 4) is 0 Å². The minimum absolute atomic E-state index is 0.0328. The van der Waals surface area contributed by atoms with E-state index in [9.17, 15) is 9.59 Å². The molecule has 15 heavy (non-hydrogen) atoms. The average molecular weight is 280 g/mol. The van der Waals surface area contributed by atoms with E-state index in [0.29, 0.717) is 6.42 Å². The summed E-state index contributed by atoms with van der Waals surface area (Å²) in [6.45, 7) is 3.73. The van der Waals surface area contributed by atoms with E-state index >= 15 is 0 Å². The van der Waals surface area contributed by atoms with Crippen molar-refractivity contribution in [1.29, 1.82) is 0 Å². The van der Waals surface area contributed by atoms with Crippen molar-refractivity contribution in [2.24, 2.45) is 5.92 Å². The number of carbonyl (C=O) groups is 2. The van der Waals surface area contributed by atoms with Crippen LogP contribution in [0.2, 0.25) is 0 Å². The first-order valence-electron chi connectivity index (χ1n) is 4.96. The van der Waals surface area contributed by atoms with Gasteiger partial charge in [-0.1, -0.05) is 29.8 Å². The van der Waals surface area contributed by atoms with Gasteiger partial charge in [0.05, 0.1) is 7.11 Å². The van der Waals surface area contributed by atoms with Crippen molar-refractivity contribution in [3.63, 3.8) is 0 Å². The first-order chi connectivity index (χ1) is 7.02. The van der Waals surface area contributed by atoms with Gasteiger partial charge >= 0.3 is 5.97 Å². The molecule has 4 nitrogen and oxygen atoms in total. The van der Waals surface area contributed by atoms with Crippen LogP contribution in [0.3, 0.4) is 0 Å². The van der Waals surface area contributed by atoms with E-state index < -0.39 is 12.0 Å². The molecule has 0 unspecified atom stereocenters. The highest BCUT2D eigenvalue weighted by atomic mass is 79.9. The van der Waals surface area contributed by atoms with Crippen LogP contribution in [0.15, 0.2) is 0 Å². The van der Waals surface area contributed by atoms with Gasteiger partial charge in [0.15, 0.2) is 0 Å². The summed E-state index contributed by atoms with van der Waals surface area (Å²) >= 11 is 3.24. The molecule has 1 atom stereocenters. The van der Waals surface area contributed by atoms with Gasteiger partial charge in [0.25, 0.3) is 0 Å². The summed E-state index contributed by atoms with van der Waals surface area (Å²) in [5.74, 6) is -0.471. The molecule has 0 aromatic heterocycles. The van der Waals surface area contributed by atoms with E-state index in [4.69, 9.17) is 0 Å². The van der Waals surface area contributed by atoms with Gasteiger partial charge in [0.2, 0.25) is 5.91 Å². The average Bonchev–Trinajstić information content (AvgIpc) is 2.21. The Kier molecular flexibility index (Phi) is 7.38. The Morgan fingerprint density at radius 3 is 2.40 bits per heavy atom. The number of amides is 1. The van der Waals surface area contributed by atoms with E-state index in [2.05, 4.69) is 26.0 Å². The molecule has 0 saturated carbocycles. The lowest BCUT2D eigenvalue weighted by atomic mass is 10.0. The van der Waals surface area contributed by atoms with Gasteiger partial charge in [-0.3, -0.25) is 4.79 Å². The monoisotopic (exact) mass is 279 g/mol. The van der Waals surface area contributed by atoms with E-state index in [1.54, 1.807) is 0 Å². The van der Waals surface area contributed by atoms with Gasteiger partial charge in [-0.05, 0) is 12.3 Å². The van der Waals surface area contributed by atoms with Crippen molar-refractivity contribution in [2.75, 3.05) is 12.4 Å². The normalized spacial score (nSPS) is 12.3. The molecule has 0 spiro atoms. The van der Waals surface area contributed by atoms with Crippen LogP contribution in [0.1, 0.15) is 26.7 Å². The third kappa shape index (κ3) is 5.77. The second-order valence-corrected chi connectivity index (χ2v) is 4.40. The number of carbonyl (C=O) groups excluding carboxylic acids is 2. The van der Waals surface area contributed by atoms with Gasteiger partial charge in [0.1, 0.15) is 6.04 Å². The fourth-order valence-corrected chi connectivity index (χ4v) is 1.38. The van der Waals surface area contributed by atoms with Crippen LogP contribution in [-0.4, -0.2) is 30.4 Å². The van der Waals surface area contributed by atoms with Crippen molar-refractivity contribution in [2.45, 2.75) is 32.7 Å². The summed E-state index contributed by atoms with van der Waals surface area (Å²) in [7, 11) is 1.32. The fourth-order valence-electron chi connectivity index (χ4n) is 1.10. The Labute approximate surface area is 98.9 Å². The molecule has 0 saturated heterocycles. The Morgan fingerprint density at radius 2 is 2.00 bits per heavy atom. The summed E-state index contributed by atoms with van der Waals surface area (Å²) in [6.07, 6.45) is 1.18. The molecule has 0 aliphatic carbocycles. The first-order valence-corrected chi connectivity index (χ1v) is 6.08. The molecule has 0 aliphatic rings. The van der Waals surface area contributed by atoms with Gasteiger partial charge in [0, 0.05) is 11.8 Å². The Hall–Kier alpha value is -0.580. The molecule has 0 radical (unpaired) electrons. The zero-order valence-electron chi connectivity index (χ0n) is 9.38. The van der Waals surface area contributed by atoms with Gasteiger partial charge < -0.3 is 10.1 Å². The van der Waals surface area contributed by atoms with Crippen LogP contribution < -0.4 is 5.32 Å². The van der Waals surface area contributed by atoms with Crippen molar-refractivity contribution in [1.82, 2.24) is 5.32 Å². The Morgan fingerprint density at radius 1 is 1.40 bits per heavy atom. The molecular formula is C10H18BrNO3. The minimum atomic E-state index is -0.544. The second-order valence-electron chi connectivity index (χ2n) is 3.60. The molecule has 1 N–H and O–H groups in total. The van der Waals surface area contributed by atoms with E-state index in [0.717, 1.165) is 11.8 Å². The number of methoxy groups -OCH3 is 1. The lowest BCUT2D eigenvalue weighted by Crippen LogP contribution is -2.44. The van der Waals surface area contributed by atoms with Crippen molar-refractivity contribution >= 4 is 27.8 Å². The summed E-state index contributed by atoms with van der Waals surface area (Å²) < 4.78 is 4.62. The standard InChI is InChI=1S/C10H18BrNO3/c1-7(2)9(10(14)15-3)12-8(13)5-4-6-11/h7,9H,4-6H2,1-3H3,(H,12,13)/t9-/m0/s1. The maximum absolute atomic E-state index is 11.4. The second kappa shape index (κ2) is 7.68. The number of ether oxygens (including phenoxy) is 1. The molecule has 0 heterocycles. The number of rotatable bonds is 6. The largest absolute Gasteiger partial charge is 0.467 e. The lowest BCUT2D eigenvalue weighted by Gasteiger charge is -2.19. The van der Waals surface area contributed by atoms with Crippen molar-refractivity contribution < 1.29 is 14.3 Å². The van der Waals surface area contributed by atoms with E-state index in [1.807, 2.05) is 13.8 Å². The zero-order chi connectivity index (χ0) is 11.8. The summed E-state index contributed by atoms with van der Waals surface area (Å²) in [5.41, 5.74) is 0. The highest BCUT2D eigenvalue weighted by molar-refractivity contribution is 9.09. The maximum Gasteiger partial charge on any atom is 0.328 e. The molecular weight excluding hydrogens is 262 g/mol. The number of hydrogen-bond donors (Lipinski definition) is 1. The van der Waals surface area contributed by atoms with Gasteiger partial charge in [-0.2, -0.15) is 0 Å². The minimum Gasteiger partial charge on any atom is -0.467 e. The van der Waals surface area contributed by atoms with Gasteiger partial charge in [-0.15, -0.1) is 0 Å². The molecule has 1 amide bonds. The summed E-state index contributed by atoms with van der Waals surface area (Å²) in [6, 6.07) is -0.544. The topological polar surface area (TPSA) is 55.4 Å². The van der Waals surface area contributed by atoms with Crippen LogP contribution in [0.5, 0.6) is 0 Å². The molecule has 0 fully saturated rings. The number of alkyl halides is 1. The van der Waals surface area contributed by atoms with Crippen LogP contribution in [-0.2, 0) is 14.3 Å². The predicted octanol–water partition coefficient (Wildman–Crippen LogP) is 1.48. The highest BCUT2D eigenvalue weighted by Gasteiger charge is 2.24. The number of hydrogen-bond acceptors (Lipinski definition) is 3. The molecule has 0 rings (SSSR count). The van der Waals surface area contributed by atoms with Crippen LogP contribution in [0.4, 0.5) is 0 Å². The third-order valence-corrected chi connectivity index (χ3v) is 2.54. The van der Waals surface area contributed by atoms with Crippen LogP contribution in [0, 0.1) is 5.92 Å². The SMILES string of the molecule is COC(=O)[C@@H](NC(=O)CCCBr)C(C)C. The molecule has 0 aromatic rings. The highest BCUT2D eigenvalue weighted by Crippen LogP contribution is 2.04. The molecule has 0 aromatic carbocycles. The molecule has 88 valence electrons. The van der Waals surface area contributed by atoms with E-state index in [-0.39, 0.29) is 11.8 Å². The van der Waals surface area contributed by atoms with E-state index in [1.165, 1.54) is 7.11 Å².